The van der Waals surface area contributed by atoms with Crippen LogP contribution < -0.4 is 0 Å². The van der Waals surface area contributed by atoms with E-state index < -0.39 is 6.10 Å². The first-order valence-electron chi connectivity index (χ1n) is 11.3. The molecule has 0 saturated heterocycles. The van der Waals surface area contributed by atoms with Gasteiger partial charge in [-0.1, -0.05) is 86.9 Å². The maximum absolute atomic E-state index is 11.2. The predicted octanol–water partition coefficient (Wildman–Crippen LogP) is 5.55. The van der Waals surface area contributed by atoms with Gasteiger partial charge in [0.25, 0.3) is 0 Å². The van der Waals surface area contributed by atoms with E-state index in [2.05, 4.69) is 42.0 Å². The molecule has 0 bridgehead atoms. The quantitative estimate of drug-likeness (QED) is 0.327. The Bertz CT molecular complexity index is 810. The molecule has 168 valence electrons. The fourth-order valence-electron chi connectivity index (χ4n) is 3.60. The summed E-state index contributed by atoms with van der Waals surface area (Å²) < 4.78 is 4.62. The lowest BCUT2D eigenvalue weighted by Crippen LogP contribution is -2.10. The molecule has 4 nitrogen and oxygen atoms in total. The Labute approximate surface area is 186 Å². The highest BCUT2D eigenvalue weighted by molar-refractivity contribution is 5.75. The van der Waals surface area contributed by atoms with Crippen molar-refractivity contribution in [1.82, 2.24) is 0 Å². The van der Waals surface area contributed by atoms with Gasteiger partial charge in [-0.15, -0.1) is 0 Å². The second-order valence-electron chi connectivity index (χ2n) is 8.03. The van der Waals surface area contributed by atoms with Gasteiger partial charge in [-0.25, -0.2) is 0 Å². The van der Waals surface area contributed by atoms with E-state index in [0.29, 0.717) is 25.7 Å². The molecule has 0 aliphatic carbocycles. The first kappa shape index (κ1) is 24.8. The third-order valence-electron chi connectivity index (χ3n) is 5.44. The molecule has 0 heterocycles. The van der Waals surface area contributed by atoms with Gasteiger partial charge in [0.05, 0.1) is 19.3 Å². The summed E-state index contributed by atoms with van der Waals surface area (Å²) in [6.45, 7) is 2.17. The van der Waals surface area contributed by atoms with E-state index in [1.165, 1.54) is 20.0 Å². The van der Waals surface area contributed by atoms with Gasteiger partial charge in [0.15, 0.2) is 0 Å². The number of aliphatic hydroxyl groups is 2. The van der Waals surface area contributed by atoms with Gasteiger partial charge in [-0.2, -0.15) is 0 Å². The molecule has 2 atom stereocenters. The molecule has 0 saturated carbocycles. The summed E-state index contributed by atoms with van der Waals surface area (Å²) in [5.74, 6) is -0.251. The summed E-state index contributed by atoms with van der Waals surface area (Å²) in [6.07, 6.45) is 9.19. The van der Waals surface area contributed by atoms with Crippen LogP contribution >= 0.6 is 0 Å². The Morgan fingerprint density at radius 3 is 2.45 bits per heavy atom. The lowest BCUT2D eigenvalue weighted by molar-refractivity contribution is -0.140. The van der Waals surface area contributed by atoms with Crippen LogP contribution in [0.25, 0.3) is 17.2 Å². The Balaban J connectivity index is 1.98. The maximum Gasteiger partial charge on any atom is 0.305 e. The number of hydrogen-bond acceptors (Lipinski definition) is 4. The summed E-state index contributed by atoms with van der Waals surface area (Å²) in [4.78, 5) is 11.2. The Morgan fingerprint density at radius 1 is 1.00 bits per heavy atom. The van der Waals surface area contributed by atoms with E-state index in [0.717, 1.165) is 35.1 Å². The number of aliphatic hydroxyl groups excluding tert-OH is 2. The van der Waals surface area contributed by atoms with E-state index in [-0.39, 0.29) is 12.1 Å². The van der Waals surface area contributed by atoms with E-state index in [1.54, 1.807) is 6.08 Å². The number of ether oxygens (including phenoxy) is 1. The molecular weight excluding hydrogens is 388 g/mol. The minimum absolute atomic E-state index is 0.251. The summed E-state index contributed by atoms with van der Waals surface area (Å²) in [5.41, 5.74) is 4.36. The molecule has 2 rings (SSSR count). The molecule has 31 heavy (non-hydrogen) atoms. The number of benzene rings is 2. The first-order valence-corrected chi connectivity index (χ1v) is 11.3. The molecule has 1 unspecified atom stereocenters. The van der Waals surface area contributed by atoms with Gasteiger partial charge in [0.2, 0.25) is 0 Å². The minimum atomic E-state index is -0.603. The van der Waals surface area contributed by atoms with Crippen molar-refractivity contribution in [3.63, 3.8) is 0 Å². The molecule has 0 aliphatic rings. The second kappa shape index (κ2) is 13.8. The SMILES string of the molecule is CCCCCC(O)Cc1ccc(-c2ccccc2/C=C/[C@@H](O)CCCC(=O)OC)cc1. The number of hydrogen-bond donors (Lipinski definition) is 2. The van der Waals surface area contributed by atoms with E-state index in [4.69, 9.17) is 0 Å². The number of carbonyl (C=O) groups is 1. The molecule has 4 heteroatoms. The van der Waals surface area contributed by atoms with Gasteiger partial charge in [0.1, 0.15) is 0 Å². The molecule has 0 amide bonds. The van der Waals surface area contributed by atoms with Crippen LogP contribution in [0, 0.1) is 0 Å². The van der Waals surface area contributed by atoms with Crippen LogP contribution in [0.1, 0.15) is 63.0 Å². The molecule has 2 aromatic carbocycles. The molecule has 0 fully saturated rings. The van der Waals surface area contributed by atoms with Crippen LogP contribution in [0.3, 0.4) is 0 Å². The highest BCUT2D eigenvalue weighted by Crippen LogP contribution is 2.26. The largest absolute Gasteiger partial charge is 0.469 e. The van der Waals surface area contributed by atoms with Gasteiger partial charge in [-0.3, -0.25) is 4.79 Å². The monoisotopic (exact) mass is 424 g/mol. The number of carbonyl (C=O) groups excluding carboxylic acids is 1. The molecule has 2 aromatic rings. The topological polar surface area (TPSA) is 66.8 Å². The fourth-order valence-corrected chi connectivity index (χ4v) is 3.60. The average molecular weight is 425 g/mol. The van der Waals surface area contributed by atoms with Crippen molar-refractivity contribution in [3.8, 4) is 11.1 Å². The maximum atomic E-state index is 11.2. The smallest absolute Gasteiger partial charge is 0.305 e. The zero-order valence-corrected chi connectivity index (χ0v) is 18.8. The number of methoxy groups -OCH3 is 1. The Hall–Kier alpha value is -2.43. The van der Waals surface area contributed by atoms with Crippen molar-refractivity contribution in [2.75, 3.05) is 7.11 Å². The van der Waals surface area contributed by atoms with Crippen molar-refractivity contribution in [1.29, 1.82) is 0 Å². The summed E-state index contributed by atoms with van der Waals surface area (Å²) in [6, 6.07) is 16.4. The standard InChI is InChI=1S/C27H36O4/c1-3-4-5-10-25(29)20-21-14-16-23(17-15-21)26-12-7-6-9-22(26)18-19-24(28)11-8-13-27(30)31-2/h6-7,9,12,14-19,24-25,28-29H,3-5,8,10-11,13,20H2,1-2H3/b19-18+/t24-,25?/m0/s1. The molecule has 0 radical (unpaired) electrons. The number of rotatable bonds is 13. The van der Waals surface area contributed by atoms with Crippen LogP contribution in [-0.2, 0) is 16.0 Å². The molecule has 0 spiro atoms. The zero-order chi connectivity index (χ0) is 22.5. The van der Waals surface area contributed by atoms with E-state index in [1.807, 2.05) is 24.3 Å². The van der Waals surface area contributed by atoms with Crippen LogP contribution in [0.4, 0.5) is 0 Å². The third-order valence-corrected chi connectivity index (χ3v) is 5.44. The van der Waals surface area contributed by atoms with Gasteiger partial charge in [-0.05, 0) is 47.9 Å². The average Bonchev–Trinajstić information content (AvgIpc) is 2.78. The van der Waals surface area contributed by atoms with Crippen LogP contribution in [0.15, 0.2) is 54.6 Å². The van der Waals surface area contributed by atoms with Crippen LogP contribution in [-0.4, -0.2) is 35.5 Å². The summed E-state index contributed by atoms with van der Waals surface area (Å²) >= 11 is 0. The Morgan fingerprint density at radius 2 is 1.74 bits per heavy atom. The second-order valence-corrected chi connectivity index (χ2v) is 8.03. The van der Waals surface area contributed by atoms with Crippen molar-refractivity contribution in [2.24, 2.45) is 0 Å². The first-order chi connectivity index (χ1) is 15.0. The van der Waals surface area contributed by atoms with Crippen molar-refractivity contribution in [3.05, 3.63) is 65.7 Å². The molecule has 2 N–H and O–H groups in total. The molecule has 0 aliphatic heterocycles. The lowest BCUT2D eigenvalue weighted by Gasteiger charge is -2.12. The van der Waals surface area contributed by atoms with Gasteiger partial charge >= 0.3 is 5.97 Å². The molecule has 0 aromatic heterocycles. The number of unbranched alkanes of at least 4 members (excludes halogenated alkanes) is 2. The highest BCUT2D eigenvalue weighted by Gasteiger charge is 2.08. The van der Waals surface area contributed by atoms with Gasteiger partial charge in [0, 0.05) is 6.42 Å². The van der Waals surface area contributed by atoms with E-state index in [9.17, 15) is 15.0 Å². The predicted molar refractivity (Wildman–Crippen MR) is 127 cm³/mol. The van der Waals surface area contributed by atoms with Gasteiger partial charge < -0.3 is 14.9 Å². The normalized spacial score (nSPS) is 13.3. The van der Waals surface area contributed by atoms with E-state index >= 15 is 0 Å². The fraction of sp³-hybridized carbons (Fsp3) is 0.444. The highest BCUT2D eigenvalue weighted by atomic mass is 16.5. The van der Waals surface area contributed by atoms with Crippen molar-refractivity contribution in [2.45, 2.75) is 70.5 Å². The Kier molecular flexibility index (Phi) is 11.0. The number of esters is 1. The third kappa shape index (κ3) is 9.07. The molecular formula is C27H36O4. The van der Waals surface area contributed by atoms with Crippen molar-refractivity contribution < 1.29 is 19.7 Å². The summed E-state index contributed by atoms with van der Waals surface area (Å²) in [5, 5.41) is 20.4. The summed E-state index contributed by atoms with van der Waals surface area (Å²) in [7, 11) is 1.37. The lowest BCUT2D eigenvalue weighted by atomic mass is 9.96. The van der Waals surface area contributed by atoms with Crippen molar-refractivity contribution >= 4 is 12.0 Å². The zero-order valence-electron chi connectivity index (χ0n) is 18.8. The van der Waals surface area contributed by atoms with Crippen LogP contribution in [0.2, 0.25) is 0 Å². The van der Waals surface area contributed by atoms with Crippen LogP contribution in [0.5, 0.6) is 0 Å². The minimum Gasteiger partial charge on any atom is -0.469 e.